The van der Waals surface area contributed by atoms with Crippen LogP contribution >= 0.6 is 23.5 Å². The van der Waals surface area contributed by atoms with Crippen LogP contribution in [0.5, 0.6) is 5.75 Å². The number of nitrogens with two attached hydrogens (primary N) is 1. The number of rotatable bonds is 2. The minimum Gasteiger partial charge on any atom is -0.487 e. The Morgan fingerprint density at radius 1 is 1.16 bits per heavy atom. The second kappa shape index (κ2) is 6.17. The van der Waals surface area contributed by atoms with Crippen LogP contribution in [-0.2, 0) is 6.18 Å². The number of anilines is 1. The Morgan fingerprint density at radius 3 is 2.32 bits per heavy atom. The fraction of sp³-hybridized carbons (Fsp3) is 0.500. The summed E-state index contributed by atoms with van der Waals surface area (Å²) in [6.45, 7) is 0. The van der Waals surface area contributed by atoms with Gasteiger partial charge in [-0.3, -0.25) is 0 Å². The molecule has 2 N–H and O–H groups in total. The number of halogens is 3. The molecule has 0 saturated carbocycles. The molecule has 0 unspecified atom stereocenters. The van der Waals surface area contributed by atoms with Gasteiger partial charge in [-0.1, -0.05) is 0 Å². The summed E-state index contributed by atoms with van der Waals surface area (Å²) in [5, 5.41) is 0. The molecule has 2 rings (SSSR count). The fourth-order valence-electron chi connectivity index (χ4n) is 1.68. The predicted molar refractivity (Wildman–Crippen MR) is 74.9 cm³/mol. The third-order valence-electron chi connectivity index (χ3n) is 2.61. The molecular weight excluding hydrogens is 295 g/mol. The van der Waals surface area contributed by atoms with Crippen LogP contribution in [0.3, 0.4) is 0 Å². The Balaban J connectivity index is 2.08. The van der Waals surface area contributed by atoms with Crippen molar-refractivity contribution in [3.8, 4) is 5.75 Å². The van der Waals surface area contributed by atoms with Crippen LogP contribution < -0.4 is 10.5 Å². The maximum absolute atomic E-state index is 12.5. The third-order valence-corrected chi connectivity index (χ3v) is 5.07. The molecule has 0 bridgehead atoms. The van der Waals surface area contributed by atoms with Crippen LogP contribution in [-0.4, -0.2) is 29.1 Å². The van der Waals surface area contributed by atoms with Gasteiger partial charge in [-0.15, -0.1) is 0 Å². The van der Waals surface area contributed by atoms with Crippen LogP contribution in [0.15, 0.2) is 18.2 Å². The number of ether oxygens (including phenoxy) is 1. The first kappa shape index (κ1) is 14.7. The molecule has 0 aromatic heterocycles. The average Bonchev–Trinajstić information content (AvgIpc) is 2.59. The van der Waals surface area contributed by atoms with E-state index >= 15 is 0 Å². The fourth-order valence-corrected chi connectivity index (χ4v) is 4.00. The summed E-state index contributed by atoms with van der Waals surface area (Å²) < 4.78 is 43.2. The van der Waals surface area contributed by atoms with E-state index in [1.54, 1.807) is 23.5 Å². The van der Waals surface area contributed by atoms with Gasteiger partial charge in [0.25, 0.3) is 0 Å². The minimum absolute atomic E-state index is 0.00321. The lowest BCUT2D eigenvalue weighted by Crippen LogP contribution is -2.22. The highest BCUT2D eigenvalue weighted by Crippen LogP contribution is 2.34. The van der Waals surface area contributed by atoms with Gasteiger partial charge >= 0.3 is 6.18 Å². The summed E-state index contributed by atoms with van der Waals surface area (Å²) in [7, 11) is 0. The van der Waals surface area contributed by atoms with E-state index in [1.165, 1.54) is 6.07 Å². The molecular formula is C12H14F3NOS2. The maximum atomic E-state index is 12.5. The summed E-state index contributed by atoms with van der Waals surface area (Å²) in [6.07, 6.45) is -4.38. The monoisotopic (exact) mass is 309 g/mol. The molecule has 19 heavy (non-hydrogen) atoms. The summed E-state index contributed by atoms with van der Waals surface area (Å²) in [5.74, 6) is 4.17. The van der Waals surface area contributed by atoms with Crippen LogP contribution in [0, 0.1) is 0 Å². The van der Waals surface area contributed by atoms with E-state index < -0.39 is 11.7 Å². The molecule has 7 heteroatoms. The first-order valence-corrected chi connectivity index (χ1v) is 8.06. The molecule has 0 spiro atoms. The lowest BCUT2D eigenvalue weighted by Gasteiger charge is -2.18. The number of hydrogen-bond donors (Lipinski definition) is 1. The maximum Gasteiger partial charge on any atom is 0.416 e. The van der Waals surface area contributed by atoms with Crippen molar-refractivity contribution in [2.45, 2.75) is 12.3 Å². The van der Waals surface area contributed by atoms with Gasteiger partial charge in [0.1, 0.15) is 11.9 Å². The van der Waals surface area contributed by atoms with E-state index in [0.717, 1.165) is 35.1 Å². The van der Waals surface area contributed by atoms with E-state index in [2.05, 4.69) is 0 Å². The highest BCUT2D eigenvalue weighted by atomic mass is 32.2. The van der Waals surface area contributed by atoms with Crippen molar-refractivity contribution in [1.29, 1.82) is 0 Å². The smallest absolute Gasteiger partial charge is 0.416 e. The number of alkyl halides is 3. The zero-order chi connectivity index (χ0) is 13.9. The van der Waals surface area contributed by atoms with Gasteiger partial charge in [0.05, 0.1) is 11.3 Å². The normalized spacial score (nSPS) is 18.1. The summed E-state index contributed by atoms with van der Waals surface area (Å²) in [4.78, 5) is 0. The SMILES string of the molecule is Nc1cc(C(F)(F)F)ccc1OC1CSCCSC1. The van der Waals surface area contributed by atoms with Crippen LogP contribution in [0.2, 0.25) is 0 Å². The van der Waals surface area contributed by atoms with E-state index in [-0.39, 0.29) is 11.8 Å². The Labute approximate surface area is 118 Å². The molecule has 0 radical (unpaired) electrons. The largest absolute Gasteiger partial charge is 0.487 e. The van der Waals surface area contributed by atoms with Crippen molar-refractivity contribution < 1.29 is 17.9 Å². The number of hydrogen-bond acceptors (Lipinski definition) is 4. The number of benzene rings is 1. The molecule has 1 aliphatic rings. The summed E-state index contributed by atoms with van der Waals surface area (Å²) in [5.41, 5.74) is 4.92. The lowest BCUT2D eigenvalue weighted by atomic mass is 10.2. The molecule has 0 amide bonds. The van der Waals surface area contributed by atoms with E-state index in [1.807, 2.05) is 0 Å². The zero-order valence-corrected chi connectivity index (χ0v) is 11.7. The molecule has 1 aromatic carbocycles. The van der Waals surface area contributed by atoms with Crippen molar-refractivity contribution in [3.05, 3.63) is 23.8 Å². The first-order valence-electron chi connectivity index (χ1n) is 5.75. The summed E-state index contributed by atoms with van der Waals surface area (Å²) in [6, 6.07) is 3.23. The van der Waals surface area contributed by atoms with Gasteiger partial charge in [-0.05, 0) is 18.2 Å². The highest BCUT2D eigenvalue weighted by molar-refractivity contribution is 8.03. The van der Waals surface area contributed by atoms with Gasteiger partial charge in [0, 0.05) is 23.0 Å². The quantitative estimate of drug-likeness (QED) is 0.848. The average molecular weight is 309 g/mol. The van der Waals surface area contributed by atoms with E-state index in [0.29, 0.717) is 5.75 Å². The van der Waals surface area contributed by atoms with Crippen molar-refractivity contribution >= 4 is 29.2 Å². The molecule has 1 aromatic rings. The molecule has 106 valence electrons. The molecule has 1 aliphatic heterocycles. The van der Waals surface area contributed by atoms with Gasteiger partial charge in [0.15, 0.2) is 0 Å². The number of nitrogen functional groups attached to an aromatic ring is 1. The third kappa shape index (κ3) is 4.14. The van der Waals surface area contributed by atoms with Crippen LogP contribution in [0.25, 0.3) is 0 Å². The van der Waals surface area contributed by atoms with Crippen molar-refractivity contribution in [1.82, 2.24) is 0 Å². The molecule has 1 saturated heterocycles. The molecule has 1 fully saturated rings. The van der Waals surface area contributed by atoms with Crippen molar-refractivity contribution in [2.75, 3.05) is 28.7 Å². The molecule has 1 heterocycles. The lowest BCUT2D eigenvalue weighted by molar-refractivity contribution is -0.137. The standard InChI is InChI=1S/C12H14F3NOS2/c13-12(14,15)8-1-2-11(10(16)5-8)17-9-6-18-3-4-19-7-9/h1-2,5,9H,3-4,6-7,16H2. The minimum atomic E-state index is -4.37. The molecule has 0 atom stereocenters. The Morgan fingerprint density at radius 2 is 1.79 bits per heavy atom. The van der Waals surface area contributed by atoms with E-state index in [9.17, 15) is 13.2 Å². The molecule has 2 nitrogen and oxygen atoms in total. The van der Waals surface area contributed by atoms with Crippen LogP contribution in [0.1, 0.15) is 5.56 Å². The van der Waals surface area contributed by atoms with Crippen molar-refractivity contribution in [3.63, 3.8) is 0 Å². The second-order valence-corrected chi connectivity index (χ2v) is 6.44. The van der Waals surface area contributed by atoms with Gasteiger partial charge < -0.3 is 10.5 Å². The van der Waals surface area contributed by atoms with E-state index in [4.69, 9.17) is 10.5 Å². The molecule has 0 aliphatic carbocycles. The van der Waals surface area contributed by atoms with Gasteiger partial charge in [0.2, 0.25) is 0 Å². The number of thioether (sulfide) groups is 2. The van der Waals surface area contributed by atoms with Gasteiger partial charge in [-0.2, -0.15) is 36.7 Å². The topological polar surface area (TPSA) is 35.2 Å². The Kier molecular flexibility index (Phi) is 4.78. The highest BCUT2D eigenvalue weighted by Gasteiger charge is 2.31. The summed E-state index contributed by atoms with van der Waals surface area (Å²) >= 11 is 3.58. The Bertz CT molecular complexity index is 431. The first-order chi connectivity index (χ1) is 8.97. The van der Waals surface area contributed by atoms with Crippen LogP contribution in [0.4, 0.5) is 18.9 Å². The van der Waals surface area contributed by atoms with Crippen molar-refractivity contribution in [2.24, 2.45) is 0 Å². The Hall–Kier alpha value is -0.690. The predicted octanol–water partition coefficient (Wildman–Crippen LogP) is 3.52. The second-order valence-electron chi connectivity index (χ2n) is 4.14. The zero-order valence-electron chi connectivity index (χ0n) is 10.1. The van der Waals surface area contributed by atoms with Gasteiger partial charge in [-0.25, -0.2) is 0 Å².